The zero-order valence-electron chi connectivity index (χ0n) is 17.4. The highest BCUT2D eigenvalue weighted by Gasteiger charge is 2.02. The predicted octanol–water partition coefficient (Wildman–Crippen LogP) is 5.95. The molecular formula is C22H31ClO4S. The van der Waals surface area contributed by atoms with Crippen LogP contribution in [0, 0.1) is 0 Å². The Kier molecular flexibility index (Phi) is 16.1. The molecule has 0 spiro atoms. The monoisotopic (exact) mass is 426 g/mol. The molecule has 0 heterocycles. The summed E-state index contributed by atoms with van der Waals surface area (Å²) in [6.45, 7) is 4.62. The third kappa shape index (κ3) is 11.1. The molecule has 0 saturated carbocycles. The van der Waals surface area contributed by atoms with Crippen molar-refractivity contribution in [3.8, 4) is 11.5 Å². The van der Waals surface area contributed by atoms with Gasteiger partial charge in [0.2, 0.25) is 0 Å². The van der Waals surface area contributed by atoms with E-state index in [2.05, 4.69) is 28.5 Å². The Morgan fingerprint density at radius 1 is 0.893 bits per heavy atom. The molecule has 0 unspecified atom stereocenters. The molecule has 0 aliphatic carbocycles. The number of esters is 1. The lowest BCUT2D eigenvalue weighted by atomic mass is 10.1. The molecule has 0 bridgehead atoms. The molecule has 0 aliphatic rings. The number of methoxy groups -OCH3 is 1. The van der Waals surface area contributed by atoms with Crippen LogP contribution in [0.2, 0.25) is 0 Å². The third-order valence-corrected chi connectivity index (χ3v) is 3.89. The molecule has 156 valence electrons. The van der Waals surface area contributed by atoms with Crippen molar-refractivity contribution >= 4 is 29.6 Å². The fourth-order valence-electron chi connectivity index (χ4n) is 2.20. The van der Waals surface area contributed by atoms with Crippen molar-refractivity contribution in [2.45, 2.75) is 33.1 Å². The first-order chi connectivity index (χ1) is 13.7. The summed E-state index contributed by atoms with van der Waals surface area (Å²) in [5.41, 5.74) is 2.34. The number of rotatable bonds is 9. The van der Waals surface area contributed by atoms with Gasteiger partial charge in [-0.1, -0.05) is 38.1 Å². The van der Waals surface area contributed by atoms with Gasteiger partial charge < -0.3 is 13.7 Å². The molecule has 0 saturated heterocycles. The molecule has 0 radical (unpaired) electrons. The minimum atomic E-state index is -0.179. The summed E-state index contributed by atoms with van der Waals surface area (Å²) in [5.74, 6) is 1.47. The minimum Gasteiger partial charge on any atom is -0.493 e. The van der Waals surface area contributed by atoms with Crippen LogP contribution in [0.3, 0.4) is 0 Å². The Labute approximate surface area is 178 Å². The zero-order valence-corrected chi connectivity index (χ0v) is 18.9. The molecule has 2 aromatic rings. The highest BCUT2D eigenvalue weighted by molar-refractivity contribution is 7.94. The molecule has 0 N–H and O–H groups in total. The lowest BCUT2D eigenvalue weighted by Crippen LogP contribution is -2.03. The Bertz CT molecular complexity index is 630. The van der Waals surface area contributed by atoms with Gasteiger partial charge in [-0.15, -0.1) is 11.6 Å². The smallest absolute Gasteiger partial charge is 0.305 e. The quantitative estimate of drug-likeness (QED) is 0.281. The third-order valence-electron chi connectivity index (χ3n) is 3.53. The van der Waals surface area contributed by atoms with Gasteiger partial charge in [0.1, 0.15) is 11.5 Å². The van der Waals surface area contributed by atoms with Crippen molar-refractivity contribution in [3.05, 3.63) is 59.7 Å². The zero-order chi connectivity index (χ0) is 21.2. The van der Waals surface area contributed by atoms with Crippen molar-refractivity contribution in [3.63, 3.8) is 0 Å². The van der Waals surface area contributed by atoms with Crippen LogP contribution in [-0.2, 0) is 22.4 Å². The molecule has 0 aromatic heterocycles. The Morgan fingerprint density at radius 2 is 1.39 bits per heavy atom. The standard InChI is InChI=1S/C19H22O4S.C2H6.CH3Cl/c1-21-19(20)12-7-15-3-5-16(6-4-15)13-14-22-17-8-10-18(11-9-17)23-24-2;2*1-2/h3-6,8-11H,7,12-14H2,1-2H3;1-2H3;1H3. The predicted molar refractivity (Wildman–Crippen MR) is 120 cm³/mol. The highest BCUT2D eigenvalue weighted by Crippen LogP contribution is 2.20. The second-order valence-corrected chi connectivity index (χ2v) is 5.71. The molecule has 2 rings (SSSR count). The molecule has 0 atom stereocenters. The number of alkyl halides is 1. The van der Waals surface area contributed by atoms with Crippen molar-refractivity contribution in [1.82, 2.24) is 0 Å². The van der Waals surface area contributed by atoms with E-state index >= 15 is 0 Å². The molecule has 2 aromatic carbocycles. The van der Waals surface area contributed by atoms with Gasteiger partial charge in [-0.2, -0.15) is 0 Å². The second kappa shape index (κ2) is 17.3. The summed E-state index contributed by atoms with van der Waals surface area (Å²) in [5, 5.41) is 0. The van der Waals surface area contributed by atoms with Crippen molar-refractivity contribution in [1.29, 1.82) is 0 Å². The minimum absolute atomic E-state index is 0.179. The first-order valence-corrected chi connectivity index (χ1v) is 11.1. The second-order valence-electron chi connectivity index (χ2n) is 5.21. The SMILES string of the molecule is CC.CCl.COC(=O)CCc1ccc(CCOc2ccc(OSC)cc2)cc1. The van der Waals surface area contributed by atoms with Crippen LogP contribution in [0.5, 0.6) is 11.5 Å². The number of carbonyl (C=O) groups excluding carboxylic acids is 1. The largest absolute Gasteiger partial charge is 0.493 e. The van der Waals surface area contributed by atoms with Crippen LogP contribution in [0.1, 0.15) is 31.4 Å². The number of hydrogen-bond acceptors (Lipinski definition) is 5. The van der Waals surface area contributed by atoms with E-state index < -0.39 is 0 Å². The summed E-state index contributed by atoms with van der Waals surface area (Å²) >= 11 is 5.96. The van der Waals surface area contributed by atoms with Gasteiger partial charge in [0.25, 0.3) is 0 Å². The molecular weight excluding hydrogens is 396 g/mol. The normalized spacial score (nSPS) is 9.21. The Morgan fingerprint density at radius 3 is 1.89 bits per heavy atom. The first kappa shape index (κ1) is 26.1. The van der Waals surface area contributed by atoms with Gasteiger partial charge in [-0.05, 0) is 41.8 Å². The fraction of sp³-hybridized carbons (Fsp3) is 0.409. The average molecular weight is 427 g/mol. The summed E-state index contributed by atoms with van der Waals surface area (Å²) < 4.78 is 15.7. The number of carbonyl (C=O) groups is 1. The summed E-state index contributed by atoms with van der Waals surface area (Å²) in [6, 6.07) is 15.8. The van der Waals surface area contributed by atoms with E-state index in [4.69, 9.17) is 8.92 Å². The van der Waals surface area contributed by atoms with Gasteiger partial charge in [-0.25, -0.2) is 0 Å². The maximum atomic E-state index is 11.1. The van der Waals surface area contributed by atoms with Gasteiger partial charge in [0.05, 0.1) is 25.8 Å². The van der Waals surface area contributed by atoms with Gasteiger partial charge in [-0.3, -0.25) is 4.79 Å². The van der Waals surface area contributed by atoms with Crippen molar-refractivity contribution < 1.29 is 18.5 Å². The first-order valence-electron chi connectivity index (χ1n) is 9.17. The van der Waals surface area contributed by atoms with E-state index in [1.54, 1.807) is 0 Å². The fourth-order valence-corrected chi connectivity index (χ4v) is 2.50. The summed E-state index contributed by atoms with van der Waals surface area (Å²) in [7, 11) is 1.41. The van der Waals surface area contributed by atoms with Crippen LogP contribution in [-0.4, -0.2) is 32.3 Å². The lowest BCUT2D eigenvalue weighted by Gasteiger charge is -2.08. The maximum absolute atomic E-state index is 11.1. The summed E-state index contributed by atoms with van der Waals surface area (Å²) in [6.07, 6.45) is 5.30. The van der Waals surface area contributed by atoms with E-state index in [1.165, 1.54) is 31.1 Å². The maximum Gasteiger partial charge on any atom is 0.305 e. The Balaban J connectivity index is 0.00000171. The molecule has 0 aliphatic heterocycles. The number of benzene rings is 2. The van der Waals surface area contributed by atoms with Crippen molar-refractivity contribution in [2.75, 3.05) is 26.4 Å². The van der Waals surface area contributed by atoms with Crippen LogP contribution in [0.25, 0.3) is 0 Å². The van der Waals surface area contributed by atoms with E-state index in [-0.39, 0.29) is 5.97 Å². The highest BCUT2D eigenvalue weighted by atomic mass is 35.5. The van der Waals surface area contributed by atoms with E-state index in [0.29, 0.717) is 19.4 Å². The topological polar surface area (TPSA) is 44.8 Å². The van der Waals surface area contributed by atoms with Crippen LogP contribution in [0.4, 0.5) is 0 Å². The van der Waals surface area contributed by atoms with Crippen LogP contribution in [0.15, 0.2) is 48.5 Å². The van der Waals surface area contributed by atoms with Gasteiger partial charge >= 0.3 is 5.97 Å². The molecule has 28 heavy (non-hydrogen) atoms. The number of ether oxygens (including phenoxy) is 2. The van der Waals surface area contributed by atoms with E-state index in [9.17, 15) is 4.79 Å². The molecule has 0 fully saturated rings. The van der Waals surface area contributed by atoms with E-state index in [0.717, 1.165) is 23.5 Å². The average Bonchev–Trinajstić information content (AvgIpc) is 2.77. The lowest BCUT2D eigenvalue weighted by molar-refractivity contribution is -0.140. The van der Waals surface area contributed by atoms with Crippen LogP contribution < -0.4 is 8.92 Å². The molecule has 4 nitrogen and oxygen atoms in total. The van der Waals surface area contributed by atoms with Crippen LogP contribution >= 0.6 is 23.6 Å². The number of halogens is 1. The van der Waals surface area contributed by atoms with Gasteiger partial charge in [0, 0.05) is 25.5 Å². The molecule has 6 heteroatoms. The Hall–Kier alpha value is -1.85. The molecule has 0 amide bonds. The van der Waals surface area contributed by atoms with E-state index in [1.807, 2.05) is 56.5 Å². The number of hydrogen-bond donors (Lipinski definition) is 0. The van der Waals surface area contributed by atoms with Crippen molar-refractivity contribution in [2.24, 2.45) is 0 Å². The van der Waals surface area contributed by atoms with Gasteiger partial charge in [0.15, 0.2) is 0 Å². The number of aryl methyl sites for hydroxylation is 1. The summed E-state index contributed by atoms with van der Waals surface area (Å²) in [4.78, 5) is 11.1.